The number of carbonyl (C=O) groups is 4. The molecule has 2 aliphatic rings. The first kappa shape index (κ1) is 37.4. The zero-order valence-electron chi connectivity index (χ0n) is 31.8. The third-order valence-electron chi connectivity index (χ3n) is 10.9. The average Bonchev–Trinajstić information content (AvgIpc) is 4.00. The third kappa shape index (κ3) is 7.58. The van der Waals surface area contributed by atoms with Gasteiger partial charge in [-0.2, -0.15) is 0 Å². The maximum atomic E-state index is 13.6. The molecule has 0 aliphatic carbocycles. The lowest BCUT2D eigenvalue weighted by atomic mass is 9.99. The van der Waals surface area contributed by atoms with Crippen LogP contribution in [-0.4, -0.2) is 91.1 Å². The van der Waals surface area contributed by atoms with Gasteiger partial charge in [-0.15, -0.1) is 0 Å². The second-order valence-corrected chi connectivity index (χ2v) is 15.2. The Morgan fingerprint density at radius 3 is 1.95 bits per heavy atom. The van der Waals surface area contributed by atoms with Crippen molar-refractivity contribution in [3.63, 3.8) is 0 Å². The molecule has 2 fully saturated rings. The van der Waals surface area contributed by atoms with Crippen molar-refractivity contribution in [1.29, 1.82) is 0 Å². The highest BCUT2D eigenvalue weighted by molar-refractivity contribution is 5.92. The van der Waals surface area contributed by atoms with Gasteiger partial charge in [0.2, 0.25) is 11.8 Å². The highest BCUT2D eigenvalue weighted by Crippen LogP contribution is 2.36. The first-order valence-corrected chi connectivity index (χ1v) is 19.0. The molecule has 14 heteroatoms. The first-order valence-electron chi connectivity index (χ1n) is 19.0. The summed E-state index contributed by atoms with van der Waals surface area (Å²) in [7, 11) is 1.29. The van der Waals surface area contributed by atoms with Gasteiger partial charge in [-0.25, -0.2) is 19.6 Å². The molecule has 2 aromatic heterocycles. The molecule has 1 unspecified atom stereocenters. The van der Waals surface area contributed by atoms with Crippen molar-refractivity contribution in [2.75, 3.05) is 20.2 Å². The van der Waals surface area contributed by atoms with Crippen molar-refractivity contribution in [3.05, 3.63) is 72.4 Å². The quantitative estimate of drug-likeness (QED) is 0.104. The van der Waals surface area contributed by atoms with Crippen molar-refractivity contribution in [2.45, 2.75) is 77.5 Å². The third-order valence-corrected chi connectivity index (χ3v) is 10.9. The van der Waals surface area contributed by atoms with Crippen molar-refractivity contribution in [3.8, 4) is 22.4 Å². The van der Waals surface area contributed by atoms with E-state index in [1.807, 2.05) is 50.9 Å². The number of imidazole rings is 2. The number of rotatable bonds is 10. The molecule has 5 aromatic rings. The van der Waals surface area contributed by atoms with Gasteiger partial charge in [-0.3, -0.25) is 9.59 Å². The van der Waals surface area contributed by atoms with Crippen molar-refractivity contribution >= 4 is 45.8 Å². The summed E-state index contributed by atoms with van der Waals surface area (Å²) in [6.45, 7) is 8.60. The van der Waals surface area contributed by atoms with Gasteiger partial charge < -0.3 is 40.2 Å². The number of fused-ring (bicyclic) bond motifs is 2. The van der Waals surface area contributed by atoms with Gasteiger partial charge in [-0.05, 0) is 83.7 Å². The van der Waals surface area contributed by atoms with Gasteiger partial charge in [0.15, 0.2) is 0 Å². The lowest BCUT2D eigenvalue weighted by molar-refractivity contribution is -0.136. The van der Waals surface area contributed by atoms with Crippen LogP contribution in [0.15, 0.2) is 60.8 Å². The number of amides is 4. The smallest absolute Gasteiger partial charge is 0.407 e. The largest absolute Gasteiger partial charge is 0.465 e. The Kier molecular flexibility index (Phi) is 10.5. The molecule has 4 heterocycles. The Balaban J connectivity index is 1.08. The molecule has 0 spiro atoms. The lowest BCUT2D eigenvalue weighted by Gasteiger charge is -2.29. The van der Waals surface area contributed by atoms with Gasteiger partial charge in [0.05, 0.1) is 35.9 Å². The molecule has 4 atom stereocenters. The Morgan fingerprint density at radius 2 is 1.33 bits per heavy atom. The standard InChI is InChI=1S/C41H48N8O6/c1-22(2)34(46-40(52)53)38(50)48-16-6-8-32(48)36-42-21-31(45-36)28-13-12-24-18-25(10-11-26(24)19-28)27-14-15-29-30(20-27)44-37(43-29)33-9-7-17-49(33)39(51)35(23(3)4)47-41(54)55-5/h10-15,18-23,32-35,46H,6-9,16-17H2,1-5H3,(H,42,45)(H,43,44)(H,47,54)(H,52,53)/t32-,33?,34-,35-/m0/s1. The fraction of sp³-hybridized carbons (Fsp3) is 0.415. The number of ether oxygens (including phenoxy) is 1. The molecule has 0 bridgehead atoms. The van der Waals surface area contributed by atoms with Crippen LogP contribution in [-0.2, 0) is 14.3 Å². The second-order valence-electron chi connectivity index (χ2n) is 15.2. The number of methoxy groups -OCH3 is 1. The maximum Gasteiger partial charge on any atom is 0.407 e. The van der Waals surface area contributed by atoms with Crippen LogP contribution in [0.25, 0.3) is 44.2 Å². The van der Waals surface area contributed by atoms with Crippen LogP contribution in [0.2, 0.25) is 0 Å². The second kappa shape index (κ2) is 15.4. The van der Waals surface area contributed by atoms with Crippen LogP contribution in [0.3, 0.4) is 0 Å². The Bertz CT molecular complexity index is 2240. The minimum absolute atomic E-state index is 0.112. The zero-order valence-corrected chi connectivity index (χ0v) is 31.8. The van der Waals surface area contributed by atoms with E-state index in [0.717, 1.165) is 75.7 Å². The Labute approximate surface area is 319 Å². The number of alkyl carbamates (subject to hydrolysis) is 1. The normalized spacial score (nSPS) is 18.3. The number of likely N-dealkylation sites (tertiary alicyclic amines) is 2. The molecule has 2 aliphatic heterocycles. The van der Waals surface area contributed by atoms with Crippen molar-refractivity contribution in [2.24, 2.45) is 11.8 Å². The fourth-order valence-electron chi connectivity index (χ4n) is 7.94. The van der Waals surface area contributed by atoms with E-state index < -0.39 is 24.3 Å². The number of benzene rings is 3. The van der Waals surface area contributed by atoms with Gasteiger partial charge in [0, 0.05) is 24.8 Å². The van der Waals surface area contributed by atoms with Gasteiger partial charge in [-0.1, -0.05) is 58.0 Å². The lowest BCUT2D eigenvalue weighted by Crippen LogP contribution is -2.51. The summed E-state index contributed by atoms with van der Waals surface area (Å²) >= 11 is 0. The molecule has 55 heavy (non-hydrogen) atoms. The van der Waals surface area contributed by atoms with E-state index in [1.54, 1.807) is 4.90 Å². The monoisotopic (exact) mass is 748 g/mol. The van der Waals surface area contributed by atoms with Crippen LogP contribution < -0.4 is 10.6 Å². The number of aromatic amines is 2. The molecule has 3 aromatic carbocycles. The number of carboxylic acid groups (broad SMARTS) is 1. The summed E-state index contributed by atoms with van der Waals surface area (Å²) in [5, 5.41) is 16.5. The summed E-state index contributed by atoms with van der Waals surface area (Å²) in [5.41, 5.74) is 5.47. The van der Waals surface area contributed by atoms with Crippen LogP contribution in [0.4, 0.5) is 9.59 Å². The molecule has 14 nitrogen and oxygen atoms in total. The van der Waals surface area contributed by atoms with Crippen LogP contribution in [0.1, 0.15) is 77.1 Å². The average molecular weight is 749 g/mol. The Hall–Kier alpha value is -5.92. The predicted molar refractivity (Wildman–Crippen MR) is 208 cm³/mol. The summed E-state index contributed by atoms with van der Waals surface area (Å²) in [6, 6.07) is 16.7. The van der Waals surface area contributed by atoms with Crippen molar-refractivity contribution in [1.82, 2.24) is 40.4 Å². The topological polar surface area (TPSA) is 186 Å². The number of carbonyl (C=O) groups excluding carboxylic acids is 3. The number of aromatic nitrogens is 4. The fourth-order valence-corrected chi connectivity index (χ4v) is 7.94. The SMILES string of the molecule is COC(=O)N[C@H](C(=O)N1CCCC1c1nc2cc(-c3ccc4cc(-c5c[nH]c([C@@H]6CCCN6C(=O)[C@@H](NC(=O)O)C(C)C)n5)ccc4c3)ccc2[nH]1)C(C)C. The molecular formula is C41H48N8O6. The molecule has 5 N–H and O–H groups in total. The molecule has 4 amide bonds. The summed E-state index contributed by atoms with van der Waals surface area (Å²) in [5.74, 6) is 0.743. The number of nitrogens with one attached hydrogen (secondary N) is 4. The van der Waals surface area contributed by atoms with E-state index in [1.165, 1.54) is 7.11 Å². The van der Waals surface area contributed by atoms with E-state index in [2.05, 4.69) is 63.1 Å². The number of hydrogen-bond donors (Lipinski definition) is 5. The molecule has 7 rings (SSSR count). The molecule has 0 saturated carbocycles. The minimum Gasteiger partial charge on any atom is -0.465 e. The molecule has 2 saturated heterocycles. The van der Waals surface area contributed by atoms with Gasteiger partial charge >= 0.3 is 12.2 Å². The van der Waals surface area contributed by atoms with E-state index in [4.69, 9.17) is 14.7 Å². The van der Waals surface area contributed by atoms with E-state index >= 15 is 0 Å². The summed E-state index contributed by atoms with van der Waals surface area (Å²) in [6.07, 6.45) is 3.19. The van der Waals surface area contributed by atoms with E-state index in [9.17, 15) is 24.3 Å². The summed E-state index contributed by atoms with van der Waals surface area (Å²) < 4.78 is 4.77. The molecule has 288 valence electrons. The summed E-state index contributed by atoms with van der Waals surface area (Å²) in [4.78, 5) is 70.5. The molecular weight excluding hydrogens is 701 g/mol. The van der Waals surface area contributed by atoms with Crippen LogP contribution >= 0.6 is 0 Å². The van der Waals surface area contributed by atoms with Gasteiger partial charge in [0.1, 0.15) is 23.7 Å². The van der Waals surface area contributed by atoms with Crippen molar-refractivity contribution < 1.29 is 29.0 Å². The predicted octanol–water partition coefficient (Wildman–Crippen LogP) is 6.77. The number of hydrogen-bond acceptors (Lipinski definition) is 7. The highest BCUT2D eigenvalue weighted by Gasteiger charge is 2.39. The van der Waals surface area contributed by atoms with E-state index in [-0.39, 0.29) is 35.7 Å². The maximum absolute atomic E-state index is 13.6. The minimum atomic E-state index is -1.21. The highest BCUT2D eigenvalue weighted by atomic mass is 16.5. The van der Waals surface area contributed by atoms with E-state index in [0.29, 0.717) is 18.9 Å². The number of nitrogens with zero attached hydrogens (tertiary/aromatic N) is 4. The molecule has 0 radical (unpaired) electrons. The first-order chi connectivity index (χ1) is 26.4. The van der Waals surface area contributed by atoms with Crippen LogP contribution in [0, 0.1) is 11.8 Å². The zero-order chi connectivity index (χ0) is 39.0. The Morgan fingerprint density at radius 1 is 0.764 bits per heavy atom. The number of H-pyrrole nitrogens is 2. The van der Waals surface area contributed by atoms with Crippen LogP contribution in [0.5, 0.6) is 0 Å². The van der Waals surface area contributed by atoms with Gasteiger partial charge in [0.25, 0.3) is 0 Å².